The first-order valence-corrected chi connectivity index (χ1v) is 8.55. The zero-order valence-corrected chi connectivity index (χ0v) is 15.0. The summed E-state index contributed by atoms with van der Waals surface area (Å²) in [6, 6.07) is 0. The highest BCUT2D eigenvalue weighted by Gasteiger charge is 2.26. The maximum atomic E-state index is 12.5. The van der Waals surface area contributed by atoms with Gasteiger partial charge in [0, 0.05) is 5.69 Å². The molecule has 0 unspecified atom stereocenters. The van der Waals surface area contributed by atoms with Gasteiger partial charge in [-0.2, -0.15) is 0 Å². The van der Waals surface area contributed by atoms with Crippen molar-refractivity contribution in [2.75, 3.05) is 19.0 Å². The van der Waals surface area contributed by atoms with Crippen molar-refractivity contribution in [2.45, 2.75) is 39.9 Å². The largest absolute Gasteiger partial charge is 0.465 e. The molecule has 128 valence electrons. The van der Waals surface area contributed by atoms with Crippen LogP contribution in [0.1, 0.15) is 52.9 Å². The van der Waals surface area contributed by atoms with Crippen LogP contribution in [0.25, 0.3) is 0 Å². The highest BCUT2D eigenvalue weighted by atomic mass is 32.2. The fourth-order valence-electron chi connectivity index (χ4n) is 2.18. The number of carbonyl (C=O) groups excluding carboxylic acids is 3. The van der Waals surface area contributed by atoms with Gasteiger partial charge < -0.3 is 14.5 Å². The molecule has 0 bridgehead atoms. The first-order chi connectivity index (χ1) is 10.8. The quantitative estimate of drug-likeness (QED) is 0.578. The molecule has 0 spiro atoms. The van der Waals surface area contributed by atoms with Gasteiger partial charge in [0.2, 0.25) is 0 Å². The molecule has 0 aliphatic heterocycles. The minimum Gasteiger partial charge on any atom is -0.465 e. The molecule has 1 rings (SSSR count). The molecule has 1 aromatic heterocycles. The van der Waals surface area contributed by atoms with Gasteiger partial charge in [-0.15, -0.1) is 11.8 Å². The van der Waals surface area contributed by atoms with Gasteiger partial charge in [-0.3, -0.25) is 9.59 Å². The van der Waals surface area contributed by atoms with Crippen LogP contribution in [0.4, 0.5) is 0 Å². The molecule has 0 aromatic carbocycles. The Hall–Kier alpha value is -1.76. The van der Waals surface area contributed by atoms with Crippen LogP contribution in [0, 0.1) is 13.8 Å². The number of aromatic nitrogens is 1. The third-order valence-corrected chi connectivity index (χ3v) is 4.41. The smallest absolute Gasteiger partial charge is 0.340 e. The number of ether oxygens (including phenoxy) is 2. The van der Waals surface area contributed by atoms with Crippen LogP contribution in [-0.2, 0) is 14.3 Å². The van der Waals surface area contributed by atoms with E-state index in [4.69, 9.17) is 9.47 Å². The molecule has 0 amide bonds. The lowest BCUT2D eigenvalue weighted by atomic mass is 10.1. The molecule has 0 radical (unpaired) electrons. The van der Waals surface area contributed by atoms with Crippen molar-refractivity contribution in [3.63, 3.8) is 0 Å². The number of Topliss-reactive ketones (excluding diaryl/α,β-unsaturated/α-hetero) is 1. The maximum Gasteiger partial charge on any atom is 0.340 e. The number of hydrogen-bond acceptors (Lipinski definition) is 6. The number of thioether (sulfide) groups is 1. The van der Waals surface area contributed by atoms with Gasteiger partial charge in [0.25, 0.3) is 0 Å². The van der Waals surface area contributed by atoms with E-state index in [1.807, 2.05) is 0 Å². The Labute approximate surface area is 140 Å². The van der Waals surface area contributed by atoms with E-state index in [-0.39, 0.29) is 24.1 Å². The summed E-state index contributed by atoms with van der Waals surface area (Å²) in [4.78, 5) is 38.8. The molecule has 0 aliphatic carbocycles. The van der Waals surface area contributed by atoms with E-state index in [1.165, 1.54) is 11.8 Å². The normalized spacial score (nSPS) is 11.9. The predicted molar refractivity (Wildman–Crippen MR) is 89.1 cm³/mol. The minimum atomic E-state index is -0.440. The van der Waals surface area contributed by atoms with E-state index in [0.717, 1.165) is 0 Å². The van der Waals surface area contributed by atoms with Gasteiger partial charge in [0.15, 0.2) is 5.78 Å². The second-order valence-corrected chi connectivity index (χ2v) is 6.30. The number of H-pyrrole nitrogens is 1. The Morgan fingerprint density at radius 3 is 2.30 bits per heavy atom. The highest BCUT2D eigenvalue weighted by Crippen LogP contribution is 2.23. The van der Waals surface area contributed by atoms with Crippen LogP contribution < -0.4 is 0 Å². The first-order valence-electron chi connectivity index (χ1n) is 7.51. The average molecular weight is 341 g/mol. The van der Waals surface area contributed by atoms with Gasteiger partial charge in [-0.25, -0.2) is 4.79 Å². The monoisotopic (exact) mass is 341 g/mol. The molecule has 0 aliphatic rings. The van der Waals surface area contributed by atoms with E-state index in [1.54, 1.807) is 34.6 Å². The van der Waals surface area contributed by atoms with E-state index in [2.05, 4.69) is 4.98 Å². The zero-order chi connectivity index (χ0) is 17.6. The minimum absolute atomic E-state index is 0.115. The summed E-state index contributed by atoms with van der Waals surface area (Å²) in [5.74, 6) is -0.826. The number of carbonyl (C=O) groups is 3. The average Bonchev–Trinajstić information content (AvgIpc) is 2.79. The molecule has 0 fully saturated rings. The lowest BCUT2D eigenvalue weighted by Crippen LogP contribution is -2.18. The highest BCUT2D eigenvalue weighted by molar-refractivity contribution is 8.01. The van der Waals surface area contributed by atoms with Crippen molar-refractivity contribution in [1.82, 2.24) is 4.98 Å². The molecule has 6 nitrogen and oxygen atoms in total. The summed E-state index contributed by atoms with van der Waals surface area (Å²) in [5.41, 5.74) is 1.97. The molecule has 1 atom stereocenters. The second-order valence-electron chi connectivity index (χ2n) is 4.97. The van der Waals surface area contributed by atoms with Gasteiger partial charge in [0.1, 0.15) is 0 Å². The van der Waals surface area contributed by atoms with Crippen molar-refractivity contribution in [1.29, 1.82) is 0 Å². The van der Waals surface area contributed by atoms with E-state index in [9.17, 15) is 14.4 Å². The summed E-state index contributed by atoms with van der Waals surface area (Å²) in [6.45, 7) is 9.23. The Morgan fingerprint density at radius 1 is 1.13 bits per heavy atom. The molecule has 1 heterocycles. The van der Waals surface area contributed by atoms with Crippen molar-refractivity contribution < 1.29 is 23.9 Å². The lowest BCUT2D eigenvalue weighted by molar-refractivity contribution is -0.139. The SMILES string of the molecule is CCOC(=O)CS[C@H](C)C(=O)c1[nH]c(C)c(C(=O)OCC)c1C. The third kappa shape index (κ3) is 4.86. The fraction of sp³-hybridized carbons (Fsp3) is 0.562. The zero-order valence-electron chi connectivity index (χ0n) is 14.1. The van der Waals surface area contributed by atoms with Crippen molar-refractivity contribution in [3.8, 4) is 0 Å². The molecular weight excluding hydrogens is 318 g/mol. The molecule has 0 saturated heterocycles. The second kappa shape index (κ2) is 8.76. The summed E-state index contributed by atoms with van der Waals surface area (Å²) < 4.78 is 9.86. The van der Waals surface area contributed by atoms with Gasteiger partial charge in [-0.1, -0.05) is 0 Å². The number of nitrogens with one attached hydrogen (secondary N) is 1. The number of ketones is 1. The number of hydrogen-bond donors (Lipinski definition) is 1. The fourth-order valence-corrected chi connectivity index (χ4v) is 2.92. The van der Waals surface area contributed by atoms with E-state index in [0.29, 0.717) is 29.1 Å². The molecule has 7 heteroatoms. The molecule has 23 heavy (non-hydrogen) atoms. The molecule has 1 N–H and O–H groups in total. The van der Waals surface area contributed by atoms with E-state index < -0.39 is 11.2 Å². The predicted octanol–water partition coefficient (Wildman–Crippen LogP) is 2.68. The number of rotatable bonds is 8. The van der Waals surface area contributed by atoms with Gasteiger partial charge >= 0.3 is 11.9 Å². The summed E-state index contributed by atoms with van der Waals surface area (Å²) >= 11 is 1.21. The summed E-state index contributed by atoms with van der Waals surface area (Å²) in [5, 5.41) is -0.425. The van der Waals surface area contributed by atoms with Crippen molar-refractivity contribution in [3.05, 3.63) is 22.5 Å². The number of esters is 2. The lowest BCUT2D eigenvalue weighted by Gasteiger charge is -2.09. The summed E-state index contributed by atoms with van der Waals surface area (Å²) in [7, 11) is 0. The Bertz CT molecular complexity index is 594. The van der Waals surface area contributed by atoms with Gasteiger partial charge in [-0.05, 0) is 40.2 Å². The Morgan fingerprint density at radius 2 is 1.74 bits per heavy atom. The van der Waals surface area contributed by atoms with Crippen LogP contribution in [0.5, 0.6) is 0 Å². The Balaban J connectivity index is 2.86. The van der Waals surface area contributed by atoms with Crippen molar-refractivity contribution >= 4 is 29.5 Å². The molecular formula is C16H23NO5S. The van der Waals surface area contributed by atoms with Crippen LogP contribution in [-0.4, -0.2) is 46.9 Å². The maximum absolute atomic E-state index is 12.5. The summed E-state index contributed by atoms with van der Waals surface area (Å²) in [6.07, 6.45) is 0. The van der Waals surface area contributed by atoms with Crippen LogP contribution in [0.2, 0.25) is 0 Å². The number of aryl methyl sites for hydroxylation is 1. The van der Waals surface area contributed by atoms with Crippen LogP contribution in [0.15, 0.2) is 0 Å². The van der Waals surface area contributed by atoms with Crippen LogP contribution in [0.3, 0.4) is 0 Å². The van der Waals surface area contributed by atoms with E-state index >= 15 is 0 Å². The molecule has 1 aromatic rings. The Kier molecular flexibility index (Phi) is 7.35. The van der Waals surface area contributed by atoms with Gasteiger partial charge in [0.05, 0.1) is 35.5 Å². The standard InChI is InChI=1S/C16H23NO5S/c1-6-21-12(18)8-23-11(5)15(19)14-9(3)13(10(4)17-14)16(20)22-7-2/h11,17H,6-8H2,1-5H3/t11-/m1/s1. The topological polar surface area (TPSA) is 85.5 Å². The molecule has 0 saturated carbocycles. The third-order valence-electron chi connectivity index (χ3n) is 3.29. The van der Waals surface area contributed by atoms with Crippen LogP contribution >= 0.6 is 11.8 Å². The van der Waals surface area contributed by atoms with Crippen molar-refractivity contribution in [2.24, 2.45) is 0 Å². The number of aromatic amines is 1. The first kappa shape index (κ1) is 19.3.